The summed E-state index contributed by atoms with van der Waals surface area (Å²) in [5.74, 6) is 1.47. The third-order valence-corrected chi connectivity index (χ3v) is 8.23. The van der Waals surface area contributed by atoms with E-state index >= 15 is 0 Å². The molecule has 5 nitrogen and oxygen atoms in total. The van der Waals surface area contributed by atoms with Crippen LogP contribution < -0.4 is 10.3 Å². The van der Waals surface area contributed by atoms with Crippen LogP contribution in [-0.4, -0.2) is 33.9 Å². The van der Waals surface area contributed by atoms with Gasteiger partial charge in [-0.15, -0.1) is 11.3 Å². The molecule has 4 aromatic rings. The summed E-state index contributed by atoms with van der Waals surface area (Å²) in [6.45, 7) is 8.71. The number of aromatic nitrogens is 2. The summed E-state index contributed by atoms with van der Waals surface area (Å²) in [5.41, 5.74) is 4.33. The summed E-state index contributed by atoms with van der Waals surface area (Å²) in [5, 5.41) is 1.47. The molecule has 0 saturated carbocycles. The van der Waals surface area contributed by atoms with Gasteiger partial charge in [0.15, 0.2) is 5.16 Å². The van der Waals surface area contributed by atoms with Crippen molar-refractivity contribution in [2.75, 3.05) is 19.4 Å². The number of ether oxygens (including phenoxy) is 1. The number of hydrogen-bond donors (Lipinski definition) is 0. The molecule has 1 aliphatic heterocycles. The zero-order valence-electron chi connectivity index (χ0n) is 19.4. The summed E-state index contributed by atoms with van der Waals surface area (Å²) in [6.07, 6.45) is 0.861. The number of rotatable bonds is 7. The number of fused-ring (bicyclic) bond motifs is 3. The van der Waals surface area contributed by atoms with Crippen molar-refractivity contribution in [3.8, 4) is 11.4 Å². The van der Waals surface area contributed by atoms with Gasteiger partial charge in [-0.25, -0.2) is 4.98 Å². The van der Waals surface area contributed by atoms with Crippen LogP contribution in [0.5, 0.6) is 5.75 Å². The standard InChI is InChI=1S/C27H27N3O2S2/c1-18(2)17-33-27-28-25-24(26(31)30(27)20-9-11-21(32-3)12-10-20)22-13-14-29(16-23(22)34-25)15-19-7-5-4-6-8-19/h4-12H,1,13-17H2,2-3H3. The van der Waals surface area contributed by atoms with E-state index in [2.05, 4.69) is 35.7 Å². The summed E-state index contributed by atoms with van der Waals surface area (Å²) < 4.78 is 7.06. The van der Waals surface area contributed by atoms with Crippen molar-refractivity contribution in [2.45, 2.75) is 31.6 Å². The number of nitrogens with zero attached hydrogens (tertiary/aromatic N) is 3. The Morgan fingerprint density at radius 3 is 2.65 bits per heavy atom. The van der Waals surface area contributed by atoms with E-state index in [9.17, 15) is 4.79 Å². The number of hydrogen-bond acceptors (Lipinski definition) is 6. The van der Waals surface area contributed by atoms with Crippen LogP contribution in [0.25, 0.3) is 15.9 Å². The maximum absolute atomic E-state index is 13.9. The highest BCUT2D eigenvalue weighted by molar-refractivity contribution is 7.99. The van der Waals surface area contributed by atoms with Gasteiger partial charge < -0.3 is 4.74 Å². The lowest BCUT2D eigenvalue weighted by molar-refractivity contribution is 0.249. The molecule has 0 atom stereocenters. The first-order valence-electron chi connectivity index (χ1n) is 11.3. The van der Waals surface area contributed by atoms with Crippen LogP contribution in [0.2, 0.25) is 0 Å². The maximum atomic E-state index is 13.9. The quantitative estimate of drug-likeness (QED) is 0.190. The molecule has 0 aliphatic carbocycles. The van der Waals surface area contributed by atoms with Crippen molar-refractivity contribution in [1.29, 1.82) is 0 Å². The molecule has 0 bridgehead atoms. The first-order valence-corrected chi connectivity index (χ1v) is 13.1. The van der Waals surface area contributed by atoms with Gasteiger partial charge in [-0.05, 0) is 48.7 Å². The Morgan fingerprint density at radius 1 is 1.18 bits per heavy atom. The fourth-order valence-corrected chi connectivity index (χ4v) is 6.46. The average molecular weight is 490 g/mol. The lowest BCUT2D eigenvalue weighted by atomic mass is 10.0. The smallest absolute Gasteiger partial charge is 0.267 e. The van der Waals surface area contributed by atoms with E-state index in [1.807, 2.05) is 37.3 Å². The van der Waals surface area contributed by atoms with Gasteiger partial charge in [0.1, 0.15) is 10.6 Å². The van der Waals surface area contributed by atoms with E-state index in [1.54, 1.807) is 34.8 Å². The topological polar surface area (TPSA) is 47.4 Å². The first-order chi connectivity index (χ1) is 16.5. The zero-order valence-corrected chi connectivity index (χ0v) is 21.0. The lowest BCUT2D eigenvalue weighted by Gasteiger charge is -2.26. The molecule has 7 heteroatoms. The van der Waals surface area contributed by atoms with Crippen molar-refractivity contribution in [1.82, 2.24) is 14.5 Å². The second-order valence-corrected chi connectivity index (χ2v) is 10.6. The molecular formula is C27H27N3O2S2. The zero-order chi connectivity index (χ0) is 23.7. The monoisotopic (exact) mass is 489 g/mol. The van der Waals surface area contributed by atoms with Crippen LogP contribution in [0.1, 0.15) is 22.9 Å². The molecule has 1 aliphatic rings. The average Bonchev–Trinajstić information content (AvgIpc) is 3.21. The molecule has 2 aromatic carbocycles. The Labute approximate surface area is 207 Å². The van der Waals surface area contributed by atoms with Crippen LogP contribution in [0.15, 0.2) is 76.7 Å². The number of thioether (sulfide) groups is 1. The maximum Gasteiger partial charge on any atom is 0.267 e. The summed E-state index contributed by atoms with van der Waals surface area (Å²) in [4.78, 5) is 23.4. The molecule has 3 heterocycles. The lowest BCUT2D eigenvalue weighted by Crippen LogP contribution is -2.30. The van der Waals surface area contributed by atoms with Gasteiger partial charge in [0, 0.05) is 30.3 Å². The molecule has 2 aromatic heterocycles. The van der Waals surface area contributed by atoms with E-state index in [0.29, 0.717) is 10.9 Å². The van der Waals surface area contributed by atoms with Crippen LogP contribution in [-0.2, 0) is 19.5 Å². The van der Waals surface area contributed by atoms with E-state index in [1.165, 1.54) is 16.0 Å². The van der Waals surface area contributed by atoms with Crippen molar-refractivity contribution < 1.29 is 4.74 Å². The fraction of sp³-hybridized carbons (Fsp3) is 0.259. The van der Waals surface area contributed by atoms with Crippen molar-refractivity contribution in [2.24, 2.45) is 0 Å². The summed E-state index contributed by atoms with van der Waals surface area (Å²) in [6, 6.07) is 18.1. The van der Waals surface area contributed by atoms with E-state index in [-0.39, 0.29) is 5.56 Å². The highest BCUT2D eigenvalue weighted by Gasteiger charge is 2.25. The Bertz CT molecular complexity index is 1390. The predicted octanol–water partition coefficient (Wildman–Crippen LogP) is 5.68. The summed E-state index contributed by atoms with van der Waals surface area (Å²) >= 11 is 3.22. The SMILES string of the molecule is C=C(C)CSc1nc2sc3c(c2c(=O)n1-c1ccc(OC)cc1)CCN(Cc1ccccc1)C3. The molecule has 5 rings (SSSR count). The molecular weight excluding hydrogens is 462 g/mol. The highest BCUT2D eigenvalue weighted by Crippen LogP contribution is 2.35. The Kier molecular flexibility index (Phi) is 6.59. The molecule has 34 heavy (non-hydrogen) atoms. The number of methoxy groups -OCH3 is 1. The van der Waals surface area contributed by atoms with Gasteiger partial charge in [0.05, 0.1) is 18.2 Å². The minimum absolute atomic E-state index is 0.00777. The molecule has 0 spiro atoms. The minimum Gasteiger partial charge on any atom is -0.497 e. The van der Waals surface area contributed by atoms with Crippen LogP contribution >= 0.6 is 23.1 Å². The van der Waals surface area contributed by atoms with Gasteiger partial charge in [0.2, 0.25) is 0 Å². The number of thiophene rings is 1. The van der Waals surface area contributed by atoms with Crippen molar-refractivity contribution in [3.05, 3.63) is 93.1 Å². The largest absolute Gasteiger partial charge is 0.497 e. The molecule has 0 N–H and O–H groups in total. The third-order valence-electron chi connectivity index (χ3n) is 5.95. The molecule has 174 valence electrons. The van der Waals surface area contributed by atoms with Crippen LogP contribution in [0.3, 0.4) is 0 Å². The second kappa shape index (κ2) is 9.78. The van der Waals surface area contributed by atoms with Crippen LogP contribution in [0.4, 0.5) is 0 Å². The third kappa shape index (κ3) is 4.56. The Hall–Kier alpha value is -2.87. The molecule has 0 unspecified atom stereocenters. The fourth-order valence-electron chi connectivity index (χ4n) is 4.30. The Balaban J connectivity index is 1.56. The van der Waals surface area contributed by atoms with Crippen molar-refractivity contribution >= 4 is 33.3 Å². The van der Waals surface area contributed by atoms with E-state index in [4.69, 9.17) is 9.72 Å². The normalized spacial score (nSPS) is 13.7. The molecule has 0 amide bonds. The van der Waals surface area contributed by atoms with Gasteiger partial charge in [-0.3, -0.25) is 14.3 Å². The molecule has 0 fully saturated rings. The highest BCUT2D eigenvalue weighted by atomic mass is 32.2. The van der Waals surface area contributed by atoms with E-state index in [0.717, 1.165) is 53.3 Å². The van der Waals surface area contributed by atoms with Gasteiger partial charge in [0.25, 0.3) is 5.56 Å². The van der Waals surface area contributed by atoms with Gasteiger partial charge in [-0.1, -0.05) is 54.2 Å². The van der Waals surface area contributed by atoms with E-state index < -0.39 is 0 Å². The van der Waals surface area contributed by atoms with Gasteiger partial charge >= 0.3 is 0 Å². The summed E-state index contributed by atoms with van der Waals surface area (Å²) in [7, 11) is 1.64. The van der Waals surface area contributed by atoms with Crippen LogP contribution in [0, 0.1) is 0 Å². The predicted molar refractivity (Wildman–Crippen MR) is 142 cm³/mol. The van der Waals surface area contributed by atoms with Crippen molar-refractivity contribution in [3.63, 3.8) is 0 Å². The number of benzene rings is 2. The first kappa shape index (κ1) is 22.9. The second-order valence-electron chi connectivity index (χ2n) is 8.61. The minimum atomic E-state index is 0.00777. The molecule has 0 radical (unpaired) electrons. The molecule has 0 saturated heterocycles. The Morgan fingerprint density at radius 2 is 1.94 bits per heavy atom. The van der Waals surface area contributed by atoms with Gasteiger partial charge in [-0.2, -0.15) is 0 Å².